The summed E-state index contributed by atoms with van der Waals surface area (Å²) < 4.78 is 0. The SMILES string of the molecule is CNC(=O)[C@H](C)N(Cc1ccc(C)cc1)C(=O)Cc1ccccc1C. The third-order valence-electron chi connectivity index (χ3n) is 4.49. The molecule has 0 aromatic heterocycles. The van der Waals surface area contributed by atoms with Gasteiger partial charge in [0, 0.05) is 13.6 Å². The maximum atomic E-state index is 12.9. The molecule has 0 aliphatic carbocycles. The Morgan fingerprint density at radius 2 is 1.68 bits per heavy atom. The molecular formula is C21H26N2O2. The molecule has 1 atom stereocenters. The molecule has 0 spiro atoms. The zero-order valence-corrected chi connectivity index (χ0v) is 15.4. The van der Waals surface area contributed by atoms with E-state index in [2.05, 4.69) is 5.32 Å². The molecule has 25 heavy (non-hydrogen) atoms. The van der Waals surface area contributed by atoms with Crippen molar-refractivity contribution >= 4 is 11.8 Å². The summed E-state index contributed by atoms with van der Waals surface area (Å²) in [7, 11) is 1.59. The molecule has 0 radical (unpaired) electrons. The van der Waals surface area contributed by atoms with E-state index >= 15 is 0 Å². The fourth-order valence-electron chi connectivity index (χ4n) is 2.75. The molecule has 2 amide bonds. The smallest absolute Gasteiger partial charge is 0.242 e. The number of carbonyl (C=O) groups is 2. The van der Waals surface area contributed by atoms with E-state index in [4.69, 9.17) is 0 Å². The van der Waals surface area contributed by atoms with E-state index < -0.39 is 6.04 Å². The molecule has 0 unspecified atom stereocenters. The lowest BCUT2D eigenvalue weighted by Gasteiger charge is -2.28. The summed E-state index contributed by atoms with van der Waals surface area (Å²) in [4.78, 5) is 26.7. The fourth-order valence-corrected chi connectivity index (χ4v) is 2.75. The summed E-state index contributed by atoms with van der Waals surface area (Å²) in [5.74, 6) is -0.212. The molecule has 0 aliphatic rings. The lowest BCUT2D eigenvalue weighted by atomic mass is 10.0. The second kappa shape index (κ2) is 8.47. The molecule has 4 nitrogen and oxygen atoms in total. The van der Waals surface area contributed by atoms with Crippen LogP contribution >= 0.6 is 0 Å². The molecule has 0 heterocycles. The van der Waals surface area contributed by atoms with Gasteiger partial charge in [0.15, 0.2) is 0 Å². The zero-order valence-electron chi connectivity index (χ0n) is 15.4. The Bertz CT molecular complexity index is 738. The quantitative estimate of drug-likeness (QED) is 0.880. The van der Waals surface area contributed by atoms with Crippen LogP contribution in [0.4, 0.5) is 0 Å². The molecule has 2 rings (SSSR count). The molecule has 4 heteroatoms. The fraction of sp³-hybridized carbons (Fsp3) is 0.333. The molecule has 1 N–H and O–H groups in total. The number of benzene rings is 2. The summed E-state index contributed by atoms with van der Waals surface area (Å²) in [6, 6.07) is 15.4. The Morgan fingerprint density at radius 1 is 1.04 bits per heavy atom. The van der Waals surface area contributed by atoms with Crippen LogP contribution in [-0.2, 0) is 22.6 Å². The Kier molecular flexibility index (Phi) is 6.34. The van der Waals surface area contributed by atoms with Crippen molar-refractivity contribution in [1.82, 2.24) is 10.2 Å². The van der Waals surface area contributed by atoms with E-state index in [1.807, 2.05) is 62.4 Å². The van der Waals surface area contributed by atoms with Crippen LogP contribution in [0.1, 0.15) is 29.2 Å². The molecule has 0 saturated heterocycles. The van der Waals surface area contributed by atoms with Gasteiger partial charge in [0.1, 0.15) is 6.04 Å². The van der Waals surface area contributed by atoms with Crippen LogP contribution in [0.15, 0.2) is 48.5 Å². The van der Waals surface area contributed by atoms with Gasteiger partial charge in [-0.1, -0.05) is 54.1 Å². The number of hydrogen-bond acceptors (Lipinski definition) is 2. The zero-order chi connectivity index (χ0) is 18.4. The average molecular weight is 338 g/mol. The highest BCUT2D eigenvalue weighted by Gasteiger charge is 2.25. The van der Waals surface area contributed by atoms with Gasteiger partial charge in [0.05, 0.1) is 6.42 Å². The molecule has 0 fully saturated rings. The predicted octanol–water partition coefficient (Wildman–Crippen LogP) is 3.01. The van der Waals surface area contributed by atoms with Gasteiger partial charge in [0.25, 0.3) is 0 Å². The van der Waals surface area contributed by atoms with Crippen LogP contribution in [0, 0.1) is 13.8 Å². The number of hydrogen-bond donors (Lipinski definition) is 1. The normalized spacial score (nSPS) is 11.7. The minimum atomic E-state index is -0.525. The highest BCUT2D eigenvalue weighted by molar-refractivity contribution is 5.88. The van der Waals surface area contributed by atoms with Crippen molar-refractivity contribution < 1.29 is 9.59 Å². The molecule has 2 aromatic rings. The number of rotatable bonds is 6. The van der Waals surface area contributed by atoms with Gasteiger partial charge in [-0.05, 0) is 37.5 Å². The summed E-state index contributed by atoms with van der Waals surface area (Å²) in [5, 5.41) is 2.64. The van der Waals surface area contributed by atoms with Crippen molar-refractivity contribution in [3.63, 3.8) is 0 Å². The lowest BCUT2D eigenvalue weighted by Crippen LogP contribution is -2.47. The highest BCUT2D eigenvalue weighted by atomic mass is 16.2. The monoisotopic (exact) mass is 338 g/mol. The predicted molar refractivity (Wildman–Crippen MR) is 100 cm³/mol. The Balaban J connectivity index is 2.23. The number of aryl methyl sites for hydroxylation is 2. The molecule has 2 aromatic carbocycles. The first-order valence-electron chi connectivity index (χ1n) is 8.53. The van der Waals surface area contributed by atoms with Gasteiger partial charge in [-0.2, -0.15) is 0 Å². The van der Waals surface area contributed by atoms with Crippen LogP contribution in [0.5, 0.6) is 0 Å². The van der Waals surface area contributed by atoms with Crippen LogP contribution in [0.25, 0.3) is 0 Å². The van der Waals surface area contributed by atoms with E-state index in [1.165, 1.54) is 5.56 Å². The van der Waals surface area contributed by atoms with Gasteiger partial charge in [0.2, 0.25) is 11.8 Å². The maximum Gasteiger partial charge on any atom is 0.242 e. The van der Waals surface area contributed by atoms with E-state index in [0.29, 0.717) is 13.0 Å². The second-order valence-corrected chi connectivity index (χ2v) is 6.40. The second-order valence-electron chi connectivity index (χ2n) is 6.40. The van der Waals surface area contributed by atoms with Crippen LogP contribution < -0.4 is 5.32 Å². The van der Waals surface area contributed by atoms with Gasteiger partial charge in [-0.3, -0.25) is 9.59 Å². The van der Waals surface area contributed by atoms with Gasteiger partial charge < -0.3 is 10.2 Å². The maximum absolute atomic E-state index is 12.9. The summed E-state index contributed by atoms with van der Waals surface area (Å²) in [6.07, 6.45) is 0.292. The molecule has 0 saturated carbocycles. The van der Waals surface area contributed by atoms with Crippen molar-refractivity contribution in [3.8, 4) is 0 Å². The van der Waals surface area contributed by atoms with Crippen molar-refractivity contribution in [2.75, 3.05) is 7.05 Å². The molecular weight excluding hydrogens is 312 g/mol. The van der Waals surface area contributed by atoms with Gasteiger partial charge in [-0.15, -0.1) is 0 Å². The van der Waals surface area contributed by atoms with Crippen molar-refractivity contribution in [1.29, 1.82) is 0 Å². The standard InChI is InChI=1S/C21H26N2O2/c1-15-9-11-18(12-10-15)14-23(17(3)21(25)22-4)20(24)13-19-8-6-5-7-16(19)2/h5-12,17H,13-14H2,1-4H3,(H,22,25)/t17-/m0/s1. The van der Waals surface area contributed by atoms with Crippen molar-refractivity contribution in [3.05, 3.63) is 70.8 Å². The number of amides is 2. The molecule has 0 aliphatic heterocycles. The number of carbonyl (C=O) groups excluding carboxylic acids is 2. The molecule has 132 valence electrons. The minimum absolute atomic E-state index is 0.0500. The number of nitrogens with one attached hydrogen (secondary N) is 1. The van der Waals surface area contributed by atoms with Gasteiger partial charge >= 0.3 is 0 Å². The van der Waals surface area contributed by atoms with E-state index in [9.17, 15) is 9.59 Å². The van der Waals surface area contributed by atoms with E-state index in [-0.39, 0.29) is 11.8 Å². The lowest BCUT2D eigenvalue weighted by molar-refractivity contribution is -0.139. The summed E-state index contributed by atoms with van der Waals surface area (Å²) in [5.41, 5.74) is 4.25. The first-order chi connectivity index (χ1) is 11.9. The topological polar surface area (TPSA) is 49.4 Å². The number of nitrogens with zero attached hydrogens (tertiary/aromatic N) is 1. The van der Waals surface area contributed by atoms with Crippen LogP contribution in [0.3, 0.4) is 0 Å². The van der Waals surface area contributed by atoms with Crippen molar-refractivity contribution in [2.45, 2.75) is 39.8 Å². The minimum Gasteiger partial charge on any atom is -0.357 e. The summed E-state index contributed by atoms with van der Waals surface area (Å²) >= 11 is 0. The third kappa shape index (κ3) is 4.92. The third-order valence-corrected chi connectivity index (χ3v) is 4.49. The number of likely N-dealkylation sites (N-methyl/N-ethyl adjacent to an activating group) is 1. The van der Waals surface area contributed by atoms with Crippen molar-refractivity contribution in [2.24, 2.45) is 0 Å². The molecule has 0 bridgehead atoms. The highest BCUT2D eigenvalue weighted by Crippen LogP contribution is 2.15. The largest absolute Gasteiger partial charge is 0.357 e. The summed E-state index contributed by atoms with van der Waals surface area (Å²) in [6.45, 7) is 6.20. The average Bonchev–Trinajstić information content (AvgIpc) is 2.61. The van der Waals surface area contributed by atoms with E-state index in [0.717, 1.165) is 16.7 Å². The van der Waals surface area contributed by atoms with Crippen LogP contribution in [0.2, 0.25) is 0 Å². The Labute approximate surface area is 149 Å². The van der Waals surface area contributed by atoms with Gasteiger partial charge in [-0.25, -0.2) is 0 Å². The van der Waals surface area contributed by atoms with E-state index in [1.54, 1.807) is 18.9 Å². The first-order valence-corrected chi connectivity index (χ1v) is 8.53. The first kappa shape index (κ1) is 18.7. The Hall–Kier alpha value is -2.62. The van der Waals surface area contributed by atoms with Crippen LogP contribution in [-0.4, -0.2) is 29.8 Å². The Morgan fingerprint density at radius 3 is 2.28 bits per heavy atom.